The number of aryl methyl sites for hydroxylation is 1. The number of aromatic nitrogens is 2. The molecule has 4 aromatic rings. The van der Waals surface area contributed by atoms with Gasteiger partial charge in [0, 0.05) is 11.6 Å². The van der Waals surface area contributed by atoms with E-state index in [0.717, 1.165) is 5.56 Å². The maximum Gasteiger partial charge on any atom is 0.305 e. The molecule has 0 saturated carbocycles. The molecular formula is C28H23FN4O4. The van der Waals surface area contributed by atoms with Crippen molar-refractivity contribution in [2.75, 3.05) is 0 Å². The Morgan fingerprint density at radius 3 is 2.54 bits per heavy atom. The van der Waals surface area contributed by atoms with Crippen LogP contribution in [0.15, 0.2) is 78.9 Å². The molecule has 0 radical (unpaired) electrons. The number of carboxylic acid groups (broad SMARTS) is 1. The number of rotatable bonds is 9. The third-order valence-electron chi connectivity index (χ3n) is 5.75. The molecule has 1 heterocycles. The summed E-state index contributed by atoms with van der Waals surface area (Å²) in [6.45, 7) is 1.81. The number of ether oxygens (including phenoxy) is 1. The fourth-order valence-electron chi connectivity index (χ4n) is 3.90. The largest absolute Gasteiger partial charge is 0.481 e. The predicted octanol–water partition coefficient (Wildman–Crippen LogP) is 4.72. The van der Waals surface area contributed by atoms with Gasteiger partial charge in [-0.15, -0.1) is 0 Å². The smallest absolute Gasteiger partial charge is 0.305 e. The van der Waals surface area contributed by atoms with Gasteiger partial charge in [-0.25, -0.2) is 4.39 Å². The Hall–Kier alpha value is -4.97. The van der Waals surface area contributed by atoms with Crippen LogP contribution in [0.2, 0.25) is 0 Å². The summed E-state index contributed by atoms with van der Waals surface area (Å²) in [6, 6.07) is 22.6. The lowest BCUT2D eigenvalue weighted by atomic mass is 9.98. The summed E-state index contributed by atoms with van der Waals surface area (Å²) in [5, 5.41) is 25.8. The number of aliphatic carboxylic acids is 1. The van der Waals surface area contributed by atoms with Crippen molar-refractivity contribution < 1.29 is 23.8 Å². The molecule has 2 N–H and O–H groups in total. The van der Waals surface area contributed by atoms with Gasteiger partial charge in [0.15, 0.2) is 5.69 Å². The van der Waals surface area contributed by atoms with Gasteiger partial charge in [0.1, 0.15) is 18.1 Å². The van der Waals surface area contributed by atoms with Gasteiger partial charge < -0.3 is 15.2 Å². The zero-order chi connectivity index (χ0) is 26.4. The highest BCUT2D eigenvalue weighted by atomic mass is 19.1. The van der Waals surface area contributed by atoms with E-state index in [0.29, 0.717) is 16.7 Å². The second-order valence-corrected chi connectivity index (χ2v) is 8.27. The van der Waals surface area contributed by atoms with Gasteiger partial charge in [-0.3, -0.25) is 9.59 Å². The topological polar surface area (TPSA) is 117 Å². The number of carboxylic acids is 1. The van der Waals surface area contributed by atoms with Gasteiger partial charge in [0.2, 0.25) is 5.88 Å². The summed E-state index contributed by atoms with van der Waals surface area (Å²) in [6.07, 6.45) is -0.334. The number of nitrogens with zero attached hydrogens (tertiary/aromatic N) is 3. The summed E-state index contributed by atoms with van der Waals surface area (Å²) in [7, 11) is 0. The van der Waals surface area contributed by atoms with Crippen LogP contribution < -0.4 is 10.1 Å². The molecule has 0 bridgehead atoms. The molecule has 37 heavy (non-hydrogen) atoms. The van der Waals surface area contributed by atoms with Crippen LogP contribution in [0.5, 0.6) is 5.88 Å². The van der Waals surface area contributed by atoms with E-state index in [4.69, 9.17) is 4.74 Å². The van der Waals surface area contributed by atoms with Gasteiger partial charge in [0.05, 0.1) is 24.1 Å². The Labute approximate surface area is 212 Å². The molecule has 0 spiro atoms. The van der Waals surface area contributed by atoms with Crippen molar-refractivity contribution in [2.45, 2.75) is 26.0 Å². The quantitative estimate of drug-likeness (QED) is 0.345. The number of amides is 1. The zero-order valence-corrected chi connectivity index (χ0v) is 19.9. The van der Waals surface area contributed by atoms with Crippen LogP contribution >= 0.6 is 0 Å². The van der Waals surface area contributed by atoms with Crippen LogP contribution in [0.3, 0.4) is 0 Å². The predicted molar refractivity (Wildman–Crippen MR) is 133 cm³/mol. The molecular weight excluding hydrogens is 475 g/mol. The van der Waals surface area contributed by atoms with E-state index in [1.165, 1.54) is 28.9 Å². The minimum atomic E-state index is -1.08. The van der Waals surface area contributed by atoms with E-state index < -0.39 is 23.7 Å². The molecule has 0 aliphatic rings. The molecule has 3 aromatic carbocycles. The van der Waals surface area contributed by atoms with E-state index in [1.807, 2.05) is 19.1 Å². The minimum Gasteiger partial charge on any atom is -0.481 e. The average Bonchev–Trinajstić information content (AvgIpc) is 3.31. The van der Waals surface area contributed by atoms with Crippen LogP contribution in [-0.2, 0) is 11.4 Å². The standard InChI is InChI=1S/C28H23FN4O4/c1-18-8-2-5-11-21(18)23(15-27(34)35)31-28(36)24-14-26(33(32-24)25-13-7-6-12-22(25)29)37-17-20-10-4-3-9-19(20)16-30/h2-14,23H,15,17H2,1H3,(H,31,36)(H,34,35). The first-order chi connectivity index (χ1) is 17.9. The van der Waals surface area contributed by atoms with Crippen molar-refractivity contribution in [2.24, 2.45) is 0 Å². The monoisotopic (exact) mass is 498 g/mol. The van der Waals surface area contributed by atoms with E-state index in [2.05, 4.69) is 16.5 Å². The van der Waals surface area contributed by atoms with Crippen LogP contribution in [0.1, 0.15) is 45.2 Å². The summed E-state index contributed by atoms with van der Waals surface area (Å²) in [5.41, 5.74) is 2.50. The molecule has 1 amide bonds. The van der Waals surface area contributed by atoms with E-state index >= 15 is 0 Å². The number of carbonyl (C=O) groups excluding carboxylic acids is 1. The van der Waals surface area contributed by atoms with Gasteiger partial charge in [0.25, 0.3) is 5.91 Å². The molecule has 1 atom stereocenters. The molecule has 4 rings (SSSR count). The summed E-state index contributed by atoms with van der Waals surface area (Å²) < 4.78 is 21.7. The molecule has 186 valence electrons. The lowest BCUT2D eigenvalue weighted by Crippen LogP contribution is -2.31. The number of benzene rings is 3. The van der Waals surface area contributed by atoms with Crippen LogP contribution in [0, 0.1) is 24.1 Å². The van der Waals surface area contributed by atoms with Gasteiger partial charge >= 0.3 is 5.97 Å². The molecule has 9 heteroatoms. The molecule has 1 unspecified atom stereocenters. The summed E-state index contributed by atoms with van der Waals surface area (Å²) >= 11 is 0. The third-order valence-corrected chi connectivity index (χ3v) is 5.75. The number of nitriles is 1. The second kappa shape index (κ2) is 11.2. The lowest BCUT2D eigenvalue weighted by molar-refractivity contribution is -0.137. The van der Waals surface area contributed by atoms with E-state index in [-0.39, 0.29) is 30.3 Å². The molecule has 0 aliphatic carbocycles. The van der Waals surface area contributed by atoms with Crippen molar-refractivity contribution in [3.63, 3.8) is 0 Å². The Morgan fingerprint density at radius 2 is 1.81 bits per heavy atom. The van der Waals surface area contributed by atoms with E-state index in [9.17, 15) is 24.3 Å². The van der Waals surface area contributed by atoms with Crippen LogP contribution in [0.4, 0.5) is 4.39 Å². The number of nitrogens with one attached hydrogen (secondary N) is 1. The van der Waals surface area contributed by atoms with Gasteiger partial charge in [-0.05, 0) is 36.2 Å². The van der Waals surface area contributed by atoms with Crippen molar-refractivity contribution >= 4 is 11.9 Å². The van der Waals surface area contributed by atoms with Crippen LogP contribution in [0.25, 0.3) is 5.69 Å². The molecule has 0 fully saturated rings. The highest BCUT2D eigenvalue weighted by molar-refractivity contribution is 5.93. The normalized spacial score (nSPS) is 11.4. The summed E-state index contributed by atoms with van der Waals surface area (Å²) in [4.78, 5) is 24.7. The lowest BCUT2D eigenvalue weighted by Gasteiger charge is -2.18. The average molecular weight is 499 g/mol. The molecule has 0 saturated heterocycles. The second-order valence-electron chi connectivity index (χ2n) is 8.27. The minimum absolute atomic E-state index is 0.0181. The first-order valence-corrected chi connectivity index (χ1v) is 11.4. The first kappa shape index (κ1) is 25.1. The number of hydrogen-bond acceptors (Lipinski definition) is 5. The Kier molecular flexibility index (Phi) is 7.59. The molecule has 1 aromatic heterocycles. The Morgan fingerprint density at radius 1 is 1.11 bits per heavy atom. The van der Waals surface area contributed by atoms with Crippen molar-refractivity contribution in [3.05, 3.63) is 113 Å². The van der Waals surface area contributed by atoms with Crippen LogP contribution in [-0.4, -0.2) is 26.8 Å². The number of carbonyl (C=O) groups is 2. The maximum atomic E-state index is 14.6. The number of para-hydroxylation sites is 1. The fourth-order valence-corrected chi connectivity index (χ4v) is 3.90. The number of halogens is 1. The SMILES string of the molecule is Cc1ccccc1C(CC(=O)O)NC(=O)c1cc(OCc2ccccc2C#N)n(-c2ccccc2F)n1. The fraction of sp³-hybridized carbons (Fsp3) is 0.143. The third kappa shape index (κ3) is 5.82. The zero-order valence-electron chi connectivity index (χ0n) is 19.9. The van der Waals surface area contributed by atoms with Crippen molar-refractivity contribution in [3.8, 4) is 17.6 Å². The summed E-state index contributed by atoms with van der Waals surface area (Å²) in [5.74, 6) is -2.23. The van der Waals surface area contributed by atoms with Crippen molar-refractivity contribution in [1.82, 2.24) is 15.1 Å². The first-order valence-electron chi connectivity index (χ1n) is 11.4. The van der Waals surface area contributed by atoms with Crippen molar-refractivity contribution in [1.29, 1.82) is 5.26 Å². The maximum absolute atomic E-state index is 14.6. The Bertz CT molecular complexity index is 1490. The molecule has 0 aliphatic heterocycles. The van der Waals surface area contributed by atoms with E-state index in [1.54, 1.807) is 42.5 Å². The van der Waals surface area contributed by atoms with Gasteiger partial charge in [-0.1, -0.05) is 54.6 Å². The molecule has 8 nitrogen and oxygen atoms in total. The Balaban J connectivity index is 1.67. The number of hydrogen-bond donors (Lipinski definition) is 2. The highest BCUT2D eigenvalue weighted by Gasteiger charge is 2.24. The highest BCUT2D eigenvalue weighted by Crippen LogP contribution is 2.25. The van der Waals surface area contributed by atoms with Gasteiger partial charge in [-0.2, -0.15) is 15.0 Å².